The van der Waals surface area contributed by atoms with Gasteiger partial charge in [-0.3, -0.25) is 9.36 Å². The Morgan fingerprint density at radius 1 is 1.00 bits per heavy atom. The van der Waals surface area contributed by atoms with Crippen LogP contribution in [-0.2, 0) is 9.53 Å². The van der Waals surface area contributed by atoms with Crippen molar-refractivity contribution >= 4 is 23.4 Å². The molecule has 0 fully saturated rings. The van der Waals surface area contributed by atoms with Crippen LogP contribution in [0.1, 0.15) is 31.0 Å². The van der Waals surface area contributed by atoms with Gasteiger partial charge in [-0.05, 0) is 55.3 Å². The molecule has 1 aromatic heterocycles. The van der Waals surface area contributed by atoms with E-state index < -0.39 is 12.0 Å². The summed E-state index contributed by atoms with van der Waals surface area (Å²) in [6, 6.07) is 26.0. The summed E-state index contributed by atoms with van der Waals surface area (Å²) in [6.45, 7) is 3.78. The van der Waals surface area contributed by atoms with Gasteiger partial charge in [-0.2, -0.15) is 0 Å². The lowest BCUT2D eigenvalue weighted by Gasteiger charge is -2.24. The van der Waals surface area contributed by atoms with E-state index in [2.05, 4.69) is 4.99 Å². The van der Waals surface area contributed by atoms with Gasteiger partial charge >= 0.3 is 5.97 Å². The Morgan fingerprint density at radius 2 is 1.69 bits per heavy atom. The summed E-state index contributed by atoms with van der Waals surface area (Å²) in [6.07, 6.45) is 1.83. The molecule has 0 saturated heterocycles. The quantitative estimate of drug-likeness (QED) is 0.366. The number of hydrogen-bond donors (Lipinski definition) is 0. The van der Waals surface area contributed by atoms with Crippen molar-refractivity contribution in [2.75, 3.05) is 6.61 Å². The second kappa shape index (κ2) is 10.2. The number of para-hydroxylation sites is 1. The summed E-state index contributed by atoms with van der Waals surface area (Å²) < 4.78 is 13.4. The number of carbonyl (C=O) groups excluding carboxylic acids is 1. The Kier molecular flexibility index (Phi) is 6.64. The molecule has 7 heteroatoms. The number of hydrogen-bond acceptors (Lipinski definition) is 6. The van der Waals surface area contributed by atoms with Crippen LogP contribution in [-0.4, -0.2) is 17.1 Å². The van der Waals surface area contributed by atoms with Crippen LogP contribution < -0.4 is 19.6 Å². The first-order chi connectivity index (χ1) is 17.5. The number of rotatable bonds is 6. The highest BCUT2D eigenvalue weighted by Gasteiger charge is 2.33. The van der Waals surface area contributed by atoms with Crippen LogP contribution in [0.5, 0.6) is 11.5 Å². The maximum Gasteiger partial charge on any atom is 0.338 e. The summed E-state index contributed by atoms with van der Waals surface area (Å²) in [5.41, 5.74) is 2.36. The highest BCUT2D eigenvalue weighted by atomic mass is 32.1. The van der Waals surface area contributed by atoms with Crippen LogP contribution in [0.15, 0.2) is 106 Å². The molecule has 1 aliphatic heterocycles. The lowest BCUT2D eigenvalue weighted by Crippen LogP contribution is -2.39. The van der Waals surface area contributed by atoms with Gasteiger partial charge in [0.25, 0.3) is 5.56 Å². The van der Waals surface area contributed by atoms with Gasteiger partial charge in [-0.1, -0.05) is 72.0 Å². The Hall–Kier alpha value is -4.23. The first kappa shape index (κ1) is 23.5. The fourth-order valence-corrected chi connectivity index (χ4v) is 5.23. The average Bonchev–Trinajstić information content (AvgIpc) is 3.19. The van der Waals surface area contributed by atoms with E-state index >= 15 is 0 Å². The Bertz CT molecular complexity index is 1620. The largest absolute Gasteiger partial charge is 0.463 e. The van der Waals surface area contributed by atoms with Crippen LogP contribution in [0.2, 0.25) is 0 Å². The second-order valence-corrected chi connectivity index (χ2v) is 9.21. The highest BCUT2D eigenvalue weighted by Crippen LogP contribution is 2.30. The van der Waals surface area contributed by atoms with Crippen LogP contribution in [0.25, 0.3) is 6.08 Å². The van der Waals surface area contributed by atoms with Crippen LogP contribution in [0.3, 0.4) is 0 Å². The first-order valence-corrected chi connectivity index (χ1v) is 12.4. The molecule has 0 unspecified atom stereocenters. The summed E-state index contributed by atoms with van der Waals surface area (Å²) in [4.78, 5) is 31.8. The van der Waals surface area contributed by atoms with E-state index in [1.165, 1.54) is 11.3 Å². The number of nitrogens with zero attached hydrogens (tertiary/aromatic N) is 2. The number of carbonyl (C=O) groups is 1. The van der Waals surface area contributed by atoms with Crippen molar-refractivity contribution in [3.8, 4) is 11.5 Å². The van der Waals surface area contributed by atoms with Gasteiger partial charge < -0.3 is 9.47 Å². The van der Waals surface area contributed by atoms with E-state index in [9.17, 15) is 9.59 Å². The molecule has 36 heavy (non-hydrogen) atoms. The number of thiazole rings is 1. The van der Waals surface area contributed by atoms with E-state index in [0.717, 1.165) is 16.9 Å². The van der Waals surface area contributed by atoms with E-state index in [4.69, 9.17) is 9.47 Å². The van der Waals surface area contributed by atoms with Crippen molar-refractivity contribution < 1.29 is 14.3 Å². The molecule has 0 amide bonds. The third kappa shape index (κ3) is 4.65. The fraction of sp³-hybridized carbons (Fsp3) is 0.138. The Balaban J connectivity index is 1.60. The van der Waals surface area contributed by atoms with Crippen molar-refractivity contribution in [1.29, 1.82) is 0 Å². The van der Waals surface area contributed by atoms with Gasteiger partial charge in [-0.25, -0.2) is 9.79 Å². The van der Waals surface area contributed by atoms with Gasteiger partial charge in [-0.15, -0.1) is 0 Å². The number of esters is 1. The van der Waals surface area contributed by atoms with E-state index in [1.54, 1.807) is 18.4 Å². The minimum Gasteiger partial charge on any atom is -0.463 e. The smallest absolute Gasteiger partial charge is 0.338 e. The van der Waals surface area contributed by atoms with Crippen molar-refractivity contribution in [2.45, 2.75) is 19.9 Å². The molecular formula is C29H24N2O4S. The lowest BCUT2D eigenvalue weighted by molar-refractivity contribution is -0.139. The number of ether oxygens (including phenoxy) is 2. The third-order valence-corrected chi connectivity index (χ3v) is 6.75. The molecule has 4 aromatic rings. The van der Waals surface area contributed by atoms with Crippen LogP contribution >= 0.6 is 11.3 Å². The molecular weight excluding hydrogens is 472 g/mol. The minimum atomic E-state index is -0.614. The maximum atomic E-state index is 13.7. The molecule has 0 N–H and O–H groups in total. The maximum absolute atomic E-state index is 13.7. The first-order valence-electron chi connectivity index (χ1n) is 11.6. The topological polar surface area (TPSA) is 69.9 Å². The predicted octanol–water partition coefficient (Wildman–Crippen LogP) is 4.59. The van der Waals surface area contributed by atoms with E-state index in [0.29, 0.717) is 26.4 Å². The zero-order valence-corrected chi connectivity index (χ0v) is 20.7. The monoisotopic (exact) mass is 496 g/mol. The molecule has 0 aliphatic carbocycles. The Labute approximate surface area is 212 Å². The highest BCUT2D eigenvalue weighted by molar-refractivity contribution is 7.07. The summed E-state index contributed by atoms with van der Waals surface area (Å²) in [7, 11) is 0. The fourth-order valence-electron chi connectivity index (χ4n) is 4.19. The van der Waals surface area contributed by atoms with Crippen LogP contribution in [0.4, 0.5) is 0 Å². The van der Waals surface area contributed by atoms with E-state index in [1.807, 2.05) is 91.0 Å². The zero-order chi connectivity index (χ0) is 25.1. The van der Waals surface area contributed by atoms with Crippen molar-refractivity contribution in [3.63, 3.8) is 0 Å². The molecule has 0 saturated carbocycles. The van der Waals surface area contributed by atoms with E-state index in [-0.39, 0.29) is 12.2 Å². The Morgan fingerprint density at radius 3 is 2.42 bits per heavy atom. The molecule has 0 spiro atoms. The average molecular weight is 497 g/mol. The number of aromatic nitrogens is 1. The SMILES string of the molecule is CCOC(=O)C1=C(C)N=c2s/c(=C\c3cccc(Oc4ccccc4)c3)c(=O)n2[C@@H]1c1ccccc1. The normalized spacial score (nSPS) is 15.3. The molecule has 0 radical (unpaired) electrons. The molecule has 5 rings (SSSR count). The molecule has 1 atom stereocenters. The standard InChI is InChI=1S/C29H24N2O4S/c1-3-34-28(33)25-19(2)30-29-31(26(25)21-12-6-4-7-13-21)27(32)24(36-29)18-20-11-10-16-23(17-20)35-22-14-8-5-9-15-22/h4-18,26H,3H2,1-2H3/b24-18-/t26-/m1/s1. The molecule has 1 aliphatic rings. The van der Waals surface area contributed by atoms with Crippen molar-refractivity contribution in [3.05, 3.63) is 127 Å². The number of benzene rings is 3. The lowest BCUT2D eigenvalue weighted by atomic mass is 9.96. The van der Waals surface area contributed by atoms with Gasteiger partial charge in [0.2, 0.25) is 0 Å². The minimum absolute atomic E-state index is 0.212. The van der Waals surface area contributed by atoms with Gasteiger partial charge in [0.1, 0.15) is 11.5 Å². The van der Waals surface area contributed by atoms with Crippen LogP contribution in [0, 0.1) is 0 Å². The summed E-state index contributed by atoms with van der Waals surface area (Å²) in [5, 5.41) is 0. The van der Waals surface area contributed by atoms with Gasteiger partial charge in [0.15, 0.2) is 4.80 Å². The molecule has 6 nitrogen and oxygen atoms in total. The number of allylic oxidation sites excluding steroid dienone is 1. The molecule has 180 valence electrons. The molecule has 0 bridgehead atoms. The summed E-state index contributed by atoms with van der Waals surface area (Å²) >= 11 is 1.30. The second-order valence-electron chi connectivity index (χ2n) is 8.20. The van der Waals surface area contributed by atoms with Crippen molar-refractivity contribution in [2.24, 2.45) is 4.99 Å². The van der Waals surface area contributed by atoms with Crippen molar-refractivity contribution in [1.82, 2.24) is 4.57 Å². The van der Waals surface area contributed by atoms with Gasteiger partial charge in [0, 0.05) is 0 Å². The molecule has 3 aromatic carbocycles. The summed E-state index contributed by atoms with van der Waals surface area (Å²) in [5.74, 6) is 0.942. The zero-order valence-electron chi connectivity index (χ0n) is 19.9. The predicted molar refractivity (Wildman–Crippen MR) is 140 cm³/mol. The third-order valence-electron chi connectivity index (χ3n) is 5.77. The van der Waals surface area contributed by atoms with Gasteiger partial charge in [0.05, 0.1) is 28.5 Å². The molecule has 2 heterocycles. The number of fused-ring (bicyclic) bond motifs is 1.